The van der Waals surface area contributed by atoms with E-state index < -0.39 is 5.25 Å². The number of amidine groups is 1. The van der Waals surface area contributed by atoms with Crippen molar-refractivity contribution in [3.63, 3.8) is 0 Å². The van der Waals surface area contributed by atoms with Crippen LogP contribution in [0.1, 0.15) is 46.0 Å². The summed E-state index contributed by atoms with van der Waals surface area (Å²) in [6.45, 7) is 5.46. The molecule has 0 saturated carbocycles. The minimum atomic E-state index is -0.522. The van der Waals surface area contributed by atoms with Gasteiger partial charge in [0, 0.05) is 25.2 Å². The van der Waals surface area contributed by atoms with E-state index >= 15 is 0 Å². The summed E-state index contributed by atoms with van der Waals surface area (Å²) in [4.78, 5) is 31.4. The molecule has 26 heavy (non-hydrogen) atoms. The van der Waals surface area contributed by atoms with Gasteiger partial charge in [-0.3, -0.25) is 19.5 Å². The molecule has 7 heteroatoms. The lowest BCUT2D eigenvalue weighted by Gasteiger charge is -2.31. The lowest BCUT2D eigenvalue weighted by Crippen LogP contribution is -2.45. The number of hydrogen-bond acceptors (Lipinski definition) is 4. The lowest BCUT2D eigenvalue weighted by molar-refractivity contribution is -0.129. The highest BCUT2D eigenvalue weighted by Crippen LogP contribution is 2.28. The van der Waals surface area contributed by atoms with Crippen LogP contribution in [0.4, 0.5) is 10.1 Å². The standard InChI is InChI=1S/C19H26FN3O2S/c1-3-5-11-21-19-23(12-6-4-2)17(24)13-16(26-19)18(25)22-15-9-7-14(20)8-10-15/h7-10,16H,3-6,11-13H2,1-2H3,(H,22,25). The van der Waals surface area contributed by atoms with Gasteiger partial charge in [0.05, 0.1) is 0 Å². The van der Waals surface area contributed by atoms with E-state index in [4.69, 9.17) is 0 Å². The van der Waals surface area contributed by atoms with E-state index in [1.165, 1.54) is 36.0 Å². The van der Waals surface area contributed by atoms with Gasteiger partial charge in [0.25, 0.3) is 0 Å². The molecule has 5 nitrogen and oxygen atoms in total. The van der Waals surface area contributed by atoms with Crippen LogP contribution in [0.25, 0.3) is 0 Å². The normalized spacial score (nSPS) is 19.0. The summed E-state index contributed by atoms with van der Waals surface area (Å²) in [5.41, 5.74) is 0.516. The van der Waals surface area contributed by atoms with Gasteiger partial charge in [-0.1, -0.05) is 38.5 Å². The summed E-state index contributed by atoms with van der Waals surface area (Å²) in [6.07, 6.45) is 4.02. The van der Waals surface area contributed by atoms with E-state index in [-0.39, 0.29) is 24.1 Å². The van der Waals surface area contributed by atoms with Gasteiger partial charge in [-0.15, -0.1) is 0 Å². The molecule has 1 aliphatic heterocycles. The van der Waals surface area contributed by atoms with Crippen molar-refractivity contribution in [2.24, 2.45) is 4.99 Å². The number of aliphatic imine (C=N–C) groups is 1. The molecule has 0 aromatic heterocycles. The van der Waals surface area contributed by atoms with Crippen molar-refractivity contribution in [1.82, 2.24) is 4.90 Å². The van der Waals surface area contributed by atoms with Crippen LogP contribution in [-0.2, 0) is 9.59 Å². The van der Waals surface area contributed by atoms with Gasteiger partial charge in [0.1, 0.15) is 11.1 Å². The Hall–Kier alpha value is -1.89. The van der Waals surface area contributed by atoms with Crippen LogP contribution in [-0.4, -0.2) is 40.2 Å². The molecule has 0 radical (unpaired) electrons. The Morgan fingerprint density at radius 3 is 2.62 bits per heavy atom. The molecular formula is C19H26FN3O2S. The molecule has 1 unspecified atom stereocenters. The first-order chi connectivity index (χ1) is 12.5. The highest BCUT2D eigenvalue weighted by molar-refractivity contribution is 8.15. The molecule has 0 spiro atoms. The van der Waals surface area contributed by atoms with Crippen molar-refractivity contribution in [3.8, 4) is 0 Å². The maximum atomic E-state index is 13.0. The summed E-state index contributed by atoms with van der Waals surface area (Å²) in [6, 6.07) is 5.59. The smallest absolute Gasteiger partial charge is 0.238 e. The van der Waals surface area contributed by atoms with Gasteiger partial charge in [0.2, 0.25) is 11.8 Å². The lowest BCUT2D eigenvalue weighted by atomic mass is 10.2. The number of amides is 2. The Morgan fingerprint density at radius 1 is 1.27 bits per heavy atom. The number of carbonyl (C=O) groups excluding carboxylic acids is 2. The molecule has 0 aliphatic carbocycles. The summed E-state index contributed by atoms with van der Waals surface area (Å²) < 4.78 is 13.0. The number of hydrogen-bond donors (Lipinski definition) is 1. The molecule has 1 atom stereocenters. The third-order valence-corrected chi connectivity index (χ3v) is 5.26. The van der Waals surface area contributed by atoms with Crippen LogP contribution < -0.4 is 5.32 Å². The van der Waals surface area contributed by atoms with Crippen LogP contribution in [0.2, 0.25) is 0 Å². The van der Waals surface area contributed by atoms with E-state index in [9.17, 15) is 14.0 Å². The Kier molecular flexibility index (Phi) is 8.09. The van der Waals surface area contributed by atoms with Gasteiger partial charge in [-0.2, -0.15) is 0 Å². The zero-order chi connectivity index (χ0) is 18.9. The zero-order valence-electron chi connectivity index (χ0n) is 15.3. The maximum absolute atomic E-state index is 13.0. The minimum absolute atomic E-state index is 0.0632. The van der Waals surface area contributed by atoms with Crippen LogP contribution in [0.3, 0.4) is 0 Å². The van der Waals surface area contributed by atoms with E-state index in [0.29, 0.717) is 23.9 Å². The van der Waals surface area contributed by atoms with Gasteiger partial charge in [-0.05, 0) is 37.1 Å². The largest absolute Gasteiger partial charge is 0.325 e. The number of unbranched alkanes of at least 4 members (excludes halogenated alkanes) is 2. The Labute approximate surface area is 158 Å². The molecule has 1 aromatic rings. The molecule has 1 aromatic carbocycles. The molecule has 2 amide bonds. The fraction of sp³-hybridized carbons (Fsp3) is 0.526. The van der Waals surface area contributed by atoms with E-state index in [0.717, 1.165) is 25.7 Å². The maximum Gasteiger partial charge on any atom is 0.238 e. The topological polar surface area (TPSA) is 61.8 Å². The molecule has 1 heterocycles. The van der Waals surface area contributed by atoms with Crippen molar-refractivity contribution in [3.05, 3.63) is 30.1 Å². The van der Waals surface area contributed by atoms with Gasteiger partial charge in [0.15, 0.2) is 5.17 Å². The summed E-state index contributed by atoms with van der Waals surface area (Å²) in [5, 5.41) is 2.87. The van der Waals surface area contributed by atoms with Crippen molar-refractivity contribution < 1.29 is 14.0 Å². The third-order valence-electron chi connectivity index (χ3n) is 4.04. The van der Waals surface area contributed by atoms with Crippen LogP contribution in [0.15, 0.2) is 29.3 Å². The first-order valence-electron chi connectivity index (χ1n) is 9.13. The average Bonchev–Trinajstić information content (AvgIpc) is 2.63. The number of carbonyl (C=O) groups is 2. The van der Waals surface area contributed by atoms with Gasteiger partial charge >= 0.3 is 0 Å². The minimum Gasteiger partial charge on any atom is -0.325 e. The van der Waals surface area contributed by atoms with Crippen LogP contribution in [0.5, 0.6) is 0 Å². The van der Waals surface area contributed by atoms with E-state index in [1.807, 2.05) is 0 Å². The first kappa shape index (κ1) is 20.4. The van der Waals surface area contributed by atoms with Crippen molar-refractivity contribution in [2.75, 3.05) is 18.4 Å². The predicted octanol–water partition coefficient (Wildman–Crippen LogP) is 4.05. The van der Waals surface area contributed by atoms with Crippen LogP contribution in [0, 0.1) is 5.82 Å². The Morgan fingerprint density at radius 2 is 1.96 bits per heavy atom. The fourth-order valence-electron chi connectivity index (χ4n) is 2.50. The van der Waals surface area contributed by atoms with E-state index in [2.05, 4.69) is 24.2 Å². The first-order valence-corrected chi connectivity index (χ1v) is 10.0. The molecule has 142 valence electrons. The highest BCUT2D eigenvalue weighted by atomic mass is 32.2. The van der Waals surface area contributed by atoms with Crippen LogP contribution >= 0.6 is 11.8 Å². The molecule has 1 aliphatic rings. The summed E-state index contributed by atoms with van der Waals surface area (Å²) >= 11 is 1.34. The number of nitrogens with zero attached hydrogens (tertiary/aromatic N) is 2. The van der Waals surface area contributed by atoms with E-state index in [1.54, 1.807) is 4.90 Å². The number of thioether (sulfide) groups is 1. The Balaban J connectivity index is 2.07. The average molecular weight is 380 g/mol. The number of halogens is 1. The highest BCUT2D eigenvalue weighted by Gasteiger charge is 2.35. The summed E-state index contributed by atoms with van der Waals surface area (Å²) in [5.74, 6) is -0.679. The molecule has 0 bridgehead atoms. The number of rotatable bonds is 8. The monoisotopic (exact) mass is 379 g/mol. The zero-order valence-corrected chi connectivity index (χ0v) is 16.2. The molecule has 2 rings (SSSR count). The molecule has 1 N–H and O–H groups in total. The number of nitrogens with one attached hydrogen (secondary N) is 1. The number of benzene rings is 1. The van der Waals surface area contributed by atoms with Crippen molar-refractivity contribution in [2.45, 2.75) is 51.2 Å². The third kappa shape index (κ3) is 5.83. The van der Waals surface area contributed by atoms with Crippen molar-refractivity contribution >= 4 is 34.4 Å². The number of anilines is 1. The molecular weight excluding hydrogens is 353 g/mol. The SMILES string of the molecule is CCCCN=C1SC(C(=O)Nc2ccc(F)cc2)CC(=O)N1CCCC. The summed E-state index contributed by atoms with van der Waals surface area (Å²) in [7, 11) is 0. The second-order valence-electron chi connectivity index (χ2n) is 6.22. The van der Waals surface area contributed by atoms with Crippen molar-refractivity contribution in [1.29, 1.82) is 0 Å². The predicted molar refractivity (Wildman–Crippen MR) is 105 cm³/mol. The Bertz CT molecular complexity index is 649. The second-order valence-corrected chi connectivity index (χ2v) is 7.39. The fourth-order valence-corrected chi connectivity index (χ4v) is 3.63. The second kappa shape index (κ2) is 10.3. The molecule has 1 saturated heterocycles. The van der Waals surface area contributed by atoms with Gasteiger partial charge < -0.3 is 5.32 Å². The van der Waals surface area contributed by atoms with Gasteiger partial charge in [-0.25, -0.2) is 4.39 Å². The quantitative estimate of drug-likeness (QED) is 0.693. The molecule has 1 fully saturated rings.